The number of methoxy groups -OCH3 is 1. The summed E-state index contributed by atoms with van der Waals surface area (Å²) in [5, 5.41) is 0. The molecule has 3 heterocycles. The summed E-state index contributed by atoms with van der Waals surface area (Å²) in [6.07, 6.45) is 6.61. The van der Waals surface area contributed by atoms with Crippen LogP contribution in [0.3, 0.4) is 0 Å². The third-order valence-electron chi connectivity index (χ3n) is 5.13. The summed E-state index contributed by atoms with van der Waals surface area (Å²) in [5.41, 5.74) is 2.12. The van der Waals surface area contributed by atoms with Crippen molar-refractivity contribution in [3.05, 3.63) is 42.2 Å². The van der Waals surface area contributed by atoms with Crippen molar-refractivity contribution < 1.29 is 4.74 Å². The van der Waals surface area contributed by atoms with Gasteiger partial charge in [-0.1, -0.05) is 12.1 Å². The minimum Gasteiger partial charge on any atom is -0.496 e. The summed E-state index contributed by atoms with van der Waals surface area (Å²) in [7, 11) is 1.68. The molecule has 0 saturated carbocycles. The molecule has 2 fully saturated rings. The average molecular weight is 324 g/mol. The summed E-state index contributed by atoms with van der Waals surface area (Å²) in [4.78, 5) is 14.3. The second-order valence-electron chi connectivity index (χ2n) is 6.68. The maximum atomic E-state index is 5.40. The number of ether oxygens (including phenoxy) is 1. The molecule has 0 bridgehead atoms. The van der Waals surface area contributed by atoms with Crippen molar-refractivity contribution in [3.63, 3.8) is 0 Å². The maximum absolute atomic E-state index is 5.40. The number of hydrogen-bond acceptors (Lipinski definition) is 5. The van der Waals surface area contributed by atoms with E-state index in [0.29, 0.717) is 0 Å². The third-order valence-corrected chi connectivity index (χ3v) is 5.13. The van der Waals surface area contributed by atoms with Gasteiger partial charge in [0.2, 0.25) is 0 Å². The Morgan fingerprint density at radius 3 is 2.79 bits per heavy atom. The lowest BCUT2D eigenvalue weighted by atomic mass is 10.1. The standard InChI is InChI=1S/C19H24N4O/c1-24-18-7-3-2-6-17(18)19-20-11-15(12-21-19)13-22-9-10-23-8-4-5-16(23)14-22/h2-3,6-7,11-12,16H,4-5,8-10,13-14H2,1H3/t16-/m1/s1. The topological polar surface area (TPSA) is 41.5 Å². The Morgan fingerprint density at radius 1 is 1.12 bits per heavy atom. The summed E-state index contributed by atoms with van der Waals surface area (Å²) in [6, 6.07) is 8.63. The Labute approximate surface area is 143 Å². The smallest absolute Gasteiger partial charge is 0.162 e. The molecule has 4 rings (SSSR count). The highest BCUT2D eigenvalue weighted by Gasteiger charge is 2.30. The molecule has 24 heavy (non-hydrogen) atoms. The first-order chi connectivity index (χ1) is 11.8. The van der Waals surface area contributed by atoms with Crippen molar-refractivity contribution in [1.82, 2.24) is 19.8 Å². The van der Waals surface area contributed by atoms with Crippen molar-refractivity contribution in [2.24, 2.45) is 0 Å². The van der Waals surface area contributed by atoms with Crippen molar-refractivity contribution >= 4 is 0 Å². The summed E-state index contributed by atoms with van der Waals surface area (Å²) < 4.78 is 5.40. The van der Waals surface area contributed by atoms with Crippen molar-refractivity contribution in [3.8, 4) is 17.1 Å². The molecule has 1 aromatic carbocycles. The van der Waals surface area contributed by atoms with Crippen LogP contribution in [0.2, 0.25) is 0 Å². The van der Waals surface area contributed by atoms with Gasteiger partial charge in [0.15, 0.2) is 5.82 Å². The predicted molar refractivity (Wildman–Crippen MR) is 93.9 cm³/mol. The highest BCUT2D eigenvalue weighted by molar-refractivity contribution is 5.63. The number of nitrogens with zero attached hydrogens (tertiary/aromatic N) is 4. The highest BCUT2D eigenvalue weighted by Crippen LogP contribution is 2.27. The van der Waals surface area contributed by atoms with E-state index in [1.165, 1.54) is 38.0 Å². The van der Waals surface area contributed by atoms with Crippen LogP contribution in [0.5, 0.6) is 5.75 Å². The van der Waals surface area contributed by atoms with Crippen LogP contribution in [0, 0.1) is 0 Å². The van der Waals surface area contributed by atoms with Crippen LogP contribution in [-0.2, 0) is 6.54 Å². The molecule has 126 valence electrons. The number of fused-ring (bicyclic) bond motifs is 1. The van der Waals surface area contributed by atoms with Crippen molar-refractivity contribution in [1.29, 1.82) is 0 Å². The van der Waals surface area contributed by atoms with Crippen LogP contribution in [0.1, 0.15) is 18.4 Å². The van der Waals surface area contributed by atoms with Crippen molar-refractivity contribution in [2.75, 3.05) is 33.3 Å². The first kappa shape index (κ1) is 15.5. The molecule has 2 aliphatic heterocycles. The zero-order chi connectivity index (χ0) is 16.4. The van der Waals surface area contributed by atoms with Crippen LogP contribution >= 0.6 is 0 Å². The molecule has 2 saturated heterocycles. The van der Waals surface area contributed by atoms with Gasteiger partial charge in [-0.15, -0.1) is 0 Å². The zero-order valence-electron chi connectivity index (χ0n) is 14.2. The Bertz CT molecular complexity index is 688. The van der Waals surface area contributed by atoms with E-state index in [2.05, 4.69) is 19.8 Å². The predicted octanol–water partition coefficient (Wildman–Crippen LogP) is 2.43. The summed E-state index contributed by atoms with van der Waals surface area (Å²) in [5.74, 6) is 1.53. The van der Waals surface area contributed by atoms with Gasteiger partial charge in [-0.3, -0.25) is 9.80 Å². The van der Waals surface area contributed by atoms with Gasteiger partial charge < -0.3 is 4.74 Å². The molecular weight excluding hydrogens is 300 g/mol. The van der Waals surface area contributed by atoms with Crippen LogP contribution in [-0.4, -0.2) is 59.1 Å². The SMILES string of the molecule is COc1ccccc1-c1ncc(CN2CCN3CCC[C@@H]3C2)cn1. The number of rotatable bonds is 4. The molecule has 0 radical (unpaired) electrons. The molecule has 0 unspecified atom stereocenters. The van der Waals surface area contributed by atoms with Gasteiger partial charge in [-0.25, -0.2) is 9.97 Å². The molecule has 1 aromatic heterocycles. The van der Waals surface area contributed by atoms with E-state index in [1.54, 1.807) is 7.11 Å². The second-order valence-corrected chi connectivity index (χ2v) is 6.68. The molecule has 2 aliphatic rings. The van der Waals surface area contributed by atoms with Gasteiger partial charge >= 0.3 is 0 Å². The average Bonchev–Trinajstić information content (AvgIpc) is 3.10. The van der Waals surface area contributed by atoms with E-state index in [0.717, 1.165) is 36.3 Å². The van der Waals surface area contributed by atoms with E-state index < -0.39 is 0 Å². The van der Waals surface area contributed by atoms with E-state index in [-0.39, 0.29) is 0 Å². The van der Waals surface area contributed by atoms with Crippen LogP contribution in [0.25, 0.3) is 11.4 Å². The van der Waals surface area contributed by atoms with E-state index in [1.807, 2.05) is 36.7 Å². The second kappa shape index (κ2) is 6.87. The quantitative estimate of drug-likeness (QED) is 0.864. The molecule has 0 aliphatic carbocycles. The number of piperazine rings is 1. The van der Waals surface area contributed by atoms with Crippen LogP contribution < -0.4 is 4.74 Å². The van der Waals surface area contributed by atoms with Crippen molar-refractivity contribution in [2.45, 2.75) is 25.4 Å². The first-order valence-corrected chi connectivity index (χ1v) is 8.74. The molecule has 0 spiro atoms. The fraction of sp³-hybridized carbons (Fsp3) is 0.474. The van der Waals surface area contributed by atoms with E-state index in [4.69, 9.17) is 4.74 Å². The lowest BCUT2D eigenvalue weighted by molar-refractivity contribution is 0.0992. The zero-order valence-corrected chi connectivity index (χ0v) is 14.2. The summed E-state index contributed by atoms with van der Waals surface area (Å²) >= 11 is 0. The summed E-state index contributed by atoms with van der Waals surface area (Å²) in [6.45, 7) is 5.75. The Morgan fingerprint density at radius 2 is 1.96 bits per heavy atom. The number of para-hydroxylation sites is 1. The van der Waals surface area contributed by atoms with Crippen LogP contribution in [0.15, 0.2) is 36.7 Å². The molecule has 5 heteroatoms. The van der Waals surface area contributed by atoms with Gasteiger partial charge in [0, 0.05) is 50.2 Å². The van der Waals surface area contributed by atoms with Gasteiger partial charge in [-0.2, -0.15) is 0 Å². The minimum atomic E-state index is 0.719. The Hall–Kier alpha value is -1.98. The fourth-order valence-corrected chi connectivity index (χ4v) is 3.86. The van der Waals surface area contributed by atoms with E-state index >= 15 is 0 Å². The lowest BCUT2D eigenvalue weighted by Crippen LogP contribution is -2.49. The normalized spacial score (nSPS) is 21.6. The Balaban J connectivity index is 1.44. The molecule has 0 N–H and O–H groups in total. The molecular formula is C19H24N4O. The monoisotopic (exact) mass is 324 g/mol. The lowest BCUT2D eigenvalue weighted by Gasteiger charge is -2.37. The van der Waals surface area contributed by atoms with E-state index in [9.17, 15) is 0 Å². The molecule has 1 atom stereocenters. The number of benzene rings is 1. The highest BCUT2D eigenvalue weighted by atomic mass is 16.5. The molecule has 5 nitrogen and oxygen atoms in total. The van der Waals surface area contributed by atoms with Gasteiger partial charge in [0.25, 0.3) is 0 Å². The first-order valence-electron chi connectivity index (χ1n) is 8.74. The largest absolute Gasteiger partial charge is 0.496 e. The number of hydrogen-bond donors (Lipinski definition) is 0. The third kappa shape index (κ3) is 3.14. The molecule has 2 aromatic rings. The number of aromatic nitrogens is 2. The fourth-order valence-electron chi connectivity index (χ4n) is 3.86. The van der Waals surface area contributed by atoms with Gasteiger partial charge in [0.05, 0.1) is 12.7 Å². The maximum Gasteiger partial charge on any atom is 0.162 e. The van der Waals surface area contributed by atoms with Crippen LogP contribution in [0.4, 0.5) is 0 Å². The Kier molecular flexibility index (Phi) is 4.45. The minimum absolute atomic E-state index is 0.719. The van der Waals surface area contributed by atoms with Gasteiger partial charge in [0.1, 0.15) is 5.75 Å². The molecule has 0 amide bonds. The van der Waals surface area contributed by atoms with Gasteiger partial charge in [-0.05, 0) is 31.5 Å².